The zero-order chi connectivity index (χ0) is 35.3. The van der Waals surface area contributed by atoms with E-state index in [1.54, 1.807) is 54.6 Å². The Hall–Kier alpha value is -3.39. The van der Waals surface area contributed by atoms with Crippen molar-refractivity contribution in [3.63, 3.8) is 0 Å². The number of amides is 1. The number of methoxy groups -OCH3 is 1. The van der Waals surface area contributed by atoms with Crippen molar-refractivity contribution in [2.75, 3.05) is 19.0 Å². The van der Waals surface area contributed by atoms with Gasteiger partial charge in [-0.3, -0.25) is 9.59 Å². The summed E-state index contributed by atoms with van der Waals surface area (Å²) in [6, 6.07) is 19.4. The normalized spacial score (nSPS) is 12.2. The van der Waals surface area contributed by atoms with Gasteiger partial charge in [0.1, 0.15) is 5.75 Å². The van der Waals surface area contributed by atoms with E-state index in [0.717, 1.165) is 19.3 Å². The number of unbranched alkanes of at least 4 members (excludes halogenated alkanes) is 13. The molecule has 0 saturated carbocycles. The lowest BCUT2D eigenvalue weighted by molar-refractivity contribution is -0.128. The lowest BCUT2D eigenvalue weighted by Gasteiger charge is -2.25. The van der Waals surface area contributed by atoms with Crippen LogP contribution in [-0.2, 0) is 20.9 Å². The van der Waals surface area contributed by atoms with Crippen LogP contribution in [-0.4, -0.2) is 36.4 Å². The van der Waals surface area contributed by atoms with E-state index < -0.39 is 22.7 Å². The van der Waals surface area contributed by atoms with Crippen molar-refractivity contribution in [3.8, 4) is 5.75 Å². The number of carbonyl (C=O) groups excluding carboxylic acids is 3. The van der Waals surface area contributed by atoms with Gasteiger partial charge in [-0.25, -0.2) is 4.79 Å². The maximum absolute atomic E-state index is 13.6. The van der Waals surface area contributed by atoms with Gasteiger partial charge in [-0.2, -0.15) is 0 Å². The number of Topliss-reactive ketones (excluding diaryl/α,β-unsaturated/α-hetero) is 1. The Labute approximate surface area is 302 Å². The molecule has 1 atom stereocenters. The quantitative estimate of drug-likeness (QED) is 0.0327. The lowest BCUT2D eigenvalue weighted by Crippen LogP contribution is -2.47. The molecule has 0 aromatic heterocycles. The Bertz CT molecular complexity index is 1450. The van der Waals surface area contributed by atoms with E-state index in [9.17, 15) is 14.4 Å². The number of anilines is 1. The Balaban J connectivity index is 1.48. The monoisotopic (exact) mass is 711 g/mol. The SMILES string of the molecule is CCCCCCCCCCCCCCCCOC(=O)c1cccc(NC(=O)C(Cl)(OCc2ccccc2Cl)C(=O)c2ccc(OC)cc2)c1. The van der Waals surface area contributed by atoms with Crippen molar-refractivity contribution in [2.24, 2.45) is 0 Å². The van der Waals surface area contributed by atoms with E-state index in [2.05, 4.69) is 12.2 Å². The van der Waals surface area contributed by atoms with Gasteiger partial charge < -0.3 is 19.5 Å². The summed E-state index contributed by atoms with van der Waals surface area (Å²) in [5.74, 6) is -1.65. The van der Waals surface area contributed by atoms with Gasteiger partial charge in [-0.05, 0) is 60.5 Å². The van der Waals surface area contributed by atoms with E-state index in [4.69, 9.17) is 37.4 Å². The van der Waals surface area contributed by atoms with Crippen LogP contribution >= 0.6 is 23.2 Å². The molecule has 1 unspecified atom stereocenters. The first kappa shape index (κ1) is 40.0. The molecular weight excluding hydrogens is 661 g/mol. The van der Waals surface area contributed by atoms with Crippen LogP contribution in [0.1, 0.15) is 123 Å². The number of alkyl halides is 1. The molecule has 9 heteroatoms. The summed E-state index contributed by atoms with van der Waals surface area (Å²) in [6.07, 6.45) is 17.5. The fourth-order valence-corrected chi connectivity index (χ4v) is 5.84. The Morgan fingerprint density at radius 3 is 1.90 bits per heavy atom. The van der Waals surface area contributed by atoms with Crippen molar-refractivity contribution in [1.82, 2.24) is 0 Å². The Kier molecular flexibility index (Phi) is 18.3. The molecule has 266 valence electrons. The molecule has 7 nitrogen and oxygen atoms in total. The average Bonchev–Trinajstić information content (AvgIpc) is 3.12. The number of rotatable bonds is 24. The number of carbonyl (C=O) groups is 3. The number of benzene rings is 3. The van der Waals surface area contributed by atoms with Crippen molar-refractivity contribution in [2.45, 2.75) is 108 Å². The number of esters is 1. The van der Waals surface area contributed by atoms with Gasteiger partial charge >= 0.3 is 5.97 Å². The van der Waals surface area contributed by atoms with Crippen LogP contribution in [0.5, 0.6) is 5.75 Å². The fraction of sp³-hybridized carbons (Fsp3) is 0.475. The zero-order valence-electron chi connectivity index (χ0n) is 28.9. The molecule has 49 heavy (non-hydrogen) atoms. The van der Waals surface area contributed by atoms with Gasteiger partial charge in [0, 0.05) is 16.3 Å². The van der Waals surface area contributed by atoms with E-state index in [1.165, 1.54) is 95.9 Å². The minimum atomic E-state index is -2.45. The fourth-order valence-electron chi connectivity index (χ4n) is 5.44. The number of hydrogen-bond donors (Lipinski definition) is 1. The van der Waals surface area contributed by atoms with Crippen LogP contribution in [0.25, 0.3) is 0 Å². The van der Waals surface area contributed by atoms with Crippen LogP contribution < -0.4 is 10.1 Å². The third-order valence-electron chi connectivity index (χ3n) is 8.41. The smallest absolute Gasteiger partial charge is 0.338 e. The van der Waals surface area contributed by atoms with Crippen molar-refractivity contribution in [1.29, 1.82) is 0 Å². The van der Waals surface area contributed by atoms with Crippen LogP contribution in [0.15, 0.2) is 72.8 Å². The van der Waals surface area contributed by atoms with E-state index in [-0.39, 0.29) is 23.4 Å². The van der Waals surface area contributed by atoms with Crippen LogP contribution in [0, 0.1) is 0 Å². The number of halogens is 2. The minimum Gasteiger partial charge on any atom is -0.497 e. The molecule has 0 saturated heterocycles. The Morgan fingerprint density at radius 2 is 1.31 bits per heavy atom. The molecule has 0 radical (unpaired) electrons. The largest absolute Gasteiger partial charge is 0.497 e. The lowest BCUT2D eigenvalue weighted by atomic mass is 10.0. The van der Waals surface area contributed by atoms with Crippen LogP contribution in [0.2, 0.25) is 5.02 Å². The molecule has 3 rings (SSSR count). The maximum atomic E-state index is 13.6. The van der Waals surface area contributed by atoms with Gasteiger partial charge in [-0.15, -0.1) is 0 Å². The molecule has 0 bridgehead atoms. The molecule has 0 aliphatic heterocycles. The highest BCUT2D eigenvalue weighted by atomic mass is 35.5. The van der Waals surface area contributed by atoms with Crippen LogP contribution in [0.3, 0.4) is 0 Å². The molecular formula is C40H51Cl2NO6. The standard InChI is InChI=1S/C40H51Cl2NO6/c1-3-4-5-6-7-8-9-10-11-12-13-14-15-18-28-48-38(45)32-21-19-22-34(29-32)43-39(46)40(42,49-30-33-20-16-17-23-36(33)41)37(44)31-24-26-35(47-2)27-25-31/h16-17,19-27,29H,3-15,18,28,30H2,1-2H3,(H,43,46). The third kappa shape index (κ3) is 13.8. The first-order chi connectivity index (χ1) is 23.8. The average molecular weight is 713 g/mol. The molecule has 0 aliphatic carbocycles. The molecule has 1 N–H and O–H groups in total. The van der Waals surface area contributed by atoms with Gasteiger partial charge in [0.25, 0.3) is 11.0 Å². The van der Waals surface area contributed by atoms with Gasteiger partial charge in [0.2, 0.25) is 5.78 Å². The molecule has 0 spiro atoms. The molecule has 3 aromatic carbocycles. The second-order valence-corrected chi connectivity index (χ2v) is 13.2. The van der Waals surface area contributed by atoms with E-state index >= 15 is 0 Å². The first-order valence-corrected chi connectivity index (χ1v) is 18.4. The van der Waals surface area contributed by atoms with Crippen molar-refractivity contribution < 1.29 is 28.6 Å². The Morgan fingerprint density at radius 1 is 0.714 bits per heavy atom. The second-order valence-electron chi connectivity index (χ2n) is 12.3. The van der Waals surface area contributed by atoms with E-state index in [0.29, 0.717) is 22.9 Å². The molecule has 0 aliphatic rings. The maximum Gasteiger partial charge on any atom is 0.338 e. The first-order valence-electron chi connectivity index (χ1n) is 17.6. The summed E-state index contributed by atoms with van der Waals surface area (Å²) in [5, 5.41) is 0.597. The number of nitrogens with one attached hydrogen (secondary N) is 1. The number of ketones is 1. The molecule has 0 fully saturated rings. The zero-order valence-corrected chi connectivity index (χ0v) is 30.5. The van der Waals surface area contributed by atoms with Crippen LogP contribution in [0.4, 0.5) is 5.69 Å². The summed E-state index contributed by atoms with van der Waals surface area (Å²) < 4.78 is 16.5. The molecule has 3 aromatic rings. The third-order valence-corrected chi connectivity index (χ3v) is 9.23. The number of hydrogen-bond acceptors (Lipinski definition) is 6. The summed E-state index contributed by atoms with van der Waals surface area (Å²) in [6.45, 7) is 2.37. The summed E-state index contributed by atoms with van der Waals surface area (Å²) >= 11 is 13.0. The van der Waals surface area contributed by atoms with Gasteiger partial charge in [-0.1, -0.05) is 138 Å². The highest BCUT2D eigenvalue weighted by Gasteiger charge is 2.46. The molecule has 1 amide bonds. The predicted octanol–water partition coefficient (Wildman–Crippen LogP) is 11.0. The number of ether oxygens (including phenoxy) is 3. The second kappa shape index (κ2) is 22.4. The summed E-state index contributed by atoms with van der Waals surface area (Å²) in [4.78, 5) is 40.0. The topological polar surface area (TPSA) is 90.9 Å². The van der Waals surface area contributed by atoms with E-state index in [1.807, 2.05) is 0 Å². The molecule has 0 heterocycles. The minimum absolute atomic E-state index is 0.144. The summed E-state index contributed by atoms with van der Waals surface area (Å²) in [5.41, 5.74) is 1.21. The highest BCUT2D eigenvalue weighted by Crippen LogP contribution is 2.29. The highest BCUT2D eigenvalue weighted by molar-refractivity contribution is 6.48. The summed E-state index contributed by atoms with van der Waals surface area (Å²) in [7, 11) is 1.51. The van der Waals surface area contributed by atoms with Crippen molar-refractivity contribution in [3.05, 3.63) is 94.5 Å². The van der Waals surface area contributed by atoms with Crippen molar-refractivity contribution >= 4 is 46.5 Å². The van der Waals surface area contributed by atoms with Gasteiger partial charge in [0.15, 0.2) is 0 Å². The predicted molar refractivity (Wildman–Crippen MR) is 198 cm³/mol. The van der Waals surface area contributed by atoms with Gasteiger partial charge in [0.05, 0.1) is 25.9 Å².